The molecule has 2 unspecified atom stereocenters. The van der Waals surface area contributed by atoms with E-state index in [9.17, 15) is 4.79 Å². The van der Waals surface area contributed by atoms with Gasteiger partial charge in [-0.25, -0.2) is 0 Å². The molecule has 2 aliphatic heterocycles. The van der Waals surface area contributed by atoms with Gasteiger partial charge in [-0.1, -0.05) is 36.8 Å². The van der Waals surface area contributed by atoms with Crippen molar-refractivity contribution < 1.29 is 9.53 Å². The van der Waals surface area contributed by atoms with Gasteiger partial charge in [0.25, 0.3) is 0 Å². The first kappa shape index (κ1) is 21.1. The van der Waals surface area contributed by atoms with E-state index in [1.54, 1.807) is 0 Å². The van der Waals surface area contributed by atoms with Gasteiger partial charge in [-0.2, -0.15) is 0 Å². The van der Waals surface area contributed by atoms with Crippen molar-refractivity contribution in [2.45, 2.75) is 51.3 Å². The van der Waals surface area contributed by atoms with Gasteiger partial charge < -0.3 is 19.5 Å². The highest BCUT2D eigenvalue weighted by Gasteiger charge is 2.32. The molecule has 2 aromatic carbocycles. The standard InChI is InChI=1S/C27H33N3O2/c31-27(28-18-23-9-6-15-29-14-5-4-10-25(23)29)19-30-16-13-22-11-12-24(17-26(22)30)32-20-21-7-2-1-3-8-21/h1-3,7-8,11-13,16-17,23,25H,4-6,9-10,14-15,18-20H2,(H,28,31). The van der Waals surface area contributed by atoms with Crippen molar-refractivity contribution in [1.29, 1.82) is 0 Å². The summed E-state index contributed by atoms with van der Waals surface area (Å²) in [5.74, 6) is 1.50. The van der Waals surface area contributed by atoms with Crippen LogP contribution in [-0.4, -0.2) is 41.1 Å². The number of ether oxygens (including phenoxy) is 1. The second kappa shape index (κ2) is 9.78. The Labute approximate surface area is 190 Å². The molecule has 2 atom stereocenters. The van der Waals surface area contributed by atoms with Crippen LogP contribution < -0.4 is 10.1 Å². The minimum atomic E-state index is 0.0889. The molecule has 0 radical (unpaired) electrons. The number of benzene rings is 2. The Balaban J connectivity index is 1.19. The van der Waals surface area contributed by atoms with Crippen LogP contribution in [0.3, 0.4) is 0 Å². The molecule has 2 aliphatic rings. The molecule has 1 aromatic heterocycles. The number of hydrogen-bond acceptors (Lipinski definition) is 3. The highest BCUT2D eigenvalue weighted by Crippen LogP contribution is 2.30. The quantitative estimate of drug-likeness (QED) is 0.595. The van der Waals surface area contributed by atoms with Crippen LogP contribution >= 0.6 is 0 Å². The summed E-state index contributed by atoms with van der Waals surface area (Å²) in [4.78, 5) is 15.4. The smallest absolute Gasteiger partial charge is 0.239 e. The zero-order valence-corrected chi connectivity index (χ0v) is 18.7. The van der Waals surface area contributed by atoms with Crippen LogP contribution in [-0.2, 0) is 17.9 Å². The van der Waals surface area contributed by atoms with Crippen molar-refractivity contribution >= 4 is 16.8 Å². The molecule has 2 fully saturated rings. The third-order valence-corrected chi connectivity index (χ3v) is 7.10. The Morgan fingerprint density at radius 1 is 1.00 bits per heavy atom. The molecule has 0 spiro atoms. The minimum Gasteiger partial charge on any atom is -0.489 e. The summed E-state index contributed by atoms with van der Waals surface area (Å²) in [5, 5.41) is 4.35. The molecule has 0 bridgehead atoms. The van der Waals surface area contributed by atoms with Crippen molar-refractivity contribution in [1.82, 2.24) is 14.8 Å². The molecule has 1 N–H and O–H groups in total. The van der Waals surface area contributed by atoms with Crippen LogP contribution in [0, 0.1) is 5.92 Å². The van der Waals surface area contributed by atoms with E-state index in [1.807, 2.05) is 41.1 Å². The van der Waals surface area contributed by atoms with Gasteiger partial charge in [0.1, 0.15) is 18.9 Å². The van der Waals surface area contributed by atoms with E-state index in [2.05, 4.69) is 34.5 Å². The molecule has 2 saturated heterocycles. The van der Waals surface area contributed by atoms with Crippen LogP contribution in [0.25, 0.3) is 10.9 Å². The lowest BCUT2D eigenvalue weighted by Crippen LogP contribution is -2.51. The van der Waals surface area contributed by atoms with Crippen molar-refractivity contribution in [3.8, 4) is 5.75 Å². The summed E-state index contributed by atoms with van der Waals surface area (Å²) in [6, 6.07) is 19.0. The van der Waals surface area contributed by atoms with Gasteiger partial charge in [0.15, 0.2) is 0 Å². The second-order valence-electron chi connectivity index (χ2n) is 9.24. The Kier molecular flexibility index (Phi) is 6.44. The second-order valence-corrected chi connectivity index (χ2v) is 9.24. The molecule has 5 nitrogen and oxygen atoms in total. The highest BCUT2D eigenvalue weighted by atomic mass is 16.5. The first-order chi connectivity index (χ1) is 15.8. The van der Waals surface area contributed by atoms with Crippen molar-refractivity contribution in [3.05, 3.63) is 66.4 Å². The van der Waals surface area contributed by atoms with E-state index in [4.69, 9.17) is 4.74 Å². The summed E-state index contributed by atoms with van der Waals surface area (Å²) in [6.07, 6.45) is 8.42. The number of nitrogens with zero attached hydrogens (tertiary/aromatic N) is 2. The third-order valence-electron chi connectivity index (χ3n) is 7.10. The van der Waals surface area contributed by atoms with Crippen molar-refractivity contribution in [2.75, 3.05) is 19.6 Å². The Bertz CT molecular complexity index is 1040. The number of carbonyl (C=O) groups is 1. The lowest BCUT2D eigenvalue weighted by atomic mass is 9.83. The van der Waals surface area contributed by atoms with Gasteiger partial charge in [-0.15, -0.1) is 0 Å². The molecule has 32 heavy (non-hydrogen) atoms. The Morgan fingerprint density at radius 3 is 2.78 bits per heavy atom. The fraction of sp³-hybridized carbons (Fsp3) is 0.444. The minimum absolute atomic E-state index is 0.0889. The predicted octanol–water partition coefficient (Wildman–Crippen LogP) is 4.60. The first-order valence-corrected chi connectivity index (χ1v) is 12.0. The molecular formula is C27H33N3O2. The normalized spacial score (nSPS) is 21.2. The predicted molar refractivity (Wildman–Crippen MR) is 128 cm³/mol. The van der Waals surface area contributed by atoms with E-state index < -0.39 is 0 Å². The number of fused-ring (bicyclic) bond motifs is 2. The number of nitrogens with one attached hydrogen (secondary N) is 1. The number of piperidine rings is 2. The molecule has 5 heteroatoms. The summed E-state index contributed by atoms with van der Waals surface area (Å²) in [7, 11) is 0. The SMILES string of the molecule is O=C(Cn1ccc2ccc(OCc3ccccc3)cc21)NCC1CCCN2CCCCC12. The third kappa shape index (κ3) is 4.83. The van der Waals surface area contributed by atoms with E-state index in [-0.39, 0.29) is 5.91 Å². The summed E-state index contributed by atoms with van der Waals surface area (Å²) >= 11 is 0. The average Bonchev–Trinajstić information content (AvgIpc) is 3.24. The zero-order chi connectivity index (χ0) is 21.8. The molecule has 168 valence electrons. The summed E-state index contributed by atoms with van der Waals surface area (Å²) in [5.41, 5.74) is 2.17. The monoisotopic (exact) mass is 431 g/mol. The van der Waals surface area contributed by atoms with Crippen LogP contribution in [0.1, 0.15) is 37.7 Å². The first-order valence-electron chi connectivity index (χ1n) is 12.0. The molecule has 3 aromatic rings. The maximum Gasteiger partial charge on any atom is 0.239 e. The maximum absolute atomic E-state index is 12.8. The van der Waals surface area contributed by atoms with Crippen LogP contribution in [0.2, 0.25) is 0 Å². The fourth-order valence-electron chi connectivity index (χ4n) is 5.40. The van der Waals surface area contributed by atoms with Gasteiger partial charge in [-0.3, -0.25) is 4.79 Å². The van der Waals surface area contributed by atoms with Crippen molar-refractivity contribution in [3.63, 3.8) is 0 Å². The lowest BCUT2D eigenvalue weighted by Gasteiger charge is -2.44. The molecule has 1 amide bonds. The number of amides is 1. The topological polar surface area (TPSA) is 46.5 Å². The average molecular weight is 432 g/mol. The molecular weight excluding hydrogens is 398 g/mol. The zero-order valence-electron chi connectivity index (χ0n) is 18.7. The van der Waals surface area contributed by atoms with Gasteiger partial charge in [0, 0.05) is 24.8 Å². The van der Waals surface area contributed by atoms with E-state index >= 15 is 0 Å². The number of aromatic nitrogens is 1. The van der Waals surface area contributed by atoms with Gasteiger partial charge >= 0.3 is 0 Å². The molecule has 3 heterocycles. The number of carbonyl (C=O) groups excluding carboxylic acids is 1. The van der Waals surface area contributed by atoms with E-state index in [1.165, 1.54) is 45.2 Å². The van der Waals surface area contributed by atoms with Gasteiger partial charge in [-0.05, 0) is 73.8 Å². The van der Waals surface area contributed by atoms with Crippen LogP contribution in [0.5, 0.6) is 5.75 Å². The van der Waals surface area contributed by atoms with Crippen molar-refractivity contribution in [2.24, 2.45) is 5.92 Å². The Morgan fingerprint density at radius 2 is 1.88 bits per heavy atom. The highest BCUT2D eigenvalue weighted by molar-refractivity contribution is 5.84. The largest absolute Gasteiger partial charge is 0.489 e. The van der Waals surface area contributed by atoms with Gasteiger partial charge in [0.05, 0.1) is 5.52 Å². The van der Waals surface area contributed by atoms with Gasteiger partial charge in [0.2, 0.25) is 5.91 Å². The van der Waals surface area contributed by atoms with E-state index in [0.29, 0.717) is 25.1 Å². The molecule has 0 aliphatic carbocycles. The number of hydrogen-bond donors (Lipinski definition) is 1. The molecule has 0 saturated carbocycles. The van der Waals surface area contributed by atoms with Crippen LogP contribution in [0.4, 0.5) is 0 Å². The number of rotatable bonds is 7. The lowest BCUT2D eigenvalue weighted by molar-refractivity contribution is -0.122. The van der Waals surface area contributed by atoms with Crippen LogP contribution in [0.15, 0.2) is 60.8 Å². The van der Waals surface area contributed by atoms with E-state index in [0.717, 1.165) is 28.8 Å². The summed E-state index contributed by atoms with van der Waals surface area (Å²) < 4.78 is 8.01. The molecule has 5 rings (SSSR count). The Hall–Kier alpha value is -2.79. The summed E-state index contributed by atoms with van der Waals surface area (Å²) in [6.45, 7) is 4.14. The fourth-order valence-corrected chi connectivity index (χ4v) is 5.40. The maximum atomic E-state index is 12.8.